The van der Waals surface area contributed by atoms with Crippen molar-refractivity contribution in [2.45, 2.75) is 0 Å². The first-order valence-corrected chi connectivity index (χ1v) is 4.87. The Bertz CT molecular complexity index is 490. The Morgan fingerprint density at radius 1 is 1.50 bits per heavy atom. The Balaban J connectivity index is 2.70. The summed E-state index contributed by atoms with van der Waals surface area (Å²) in [6, 6.07) is 7.33. The molecule has 72 valence electrons. The number of fused-ring (bicyclic) bond motifs is 1. The van der Waals surface area contributed by atoms with E-state index in [-0.39, 0.29) is 5.97 Å². The topological polar surface area (TPSA) is 42.1 Å². The zero-order valence-electron chi connectivity index (χ0n) is 7.50. The molecule has 2 aromatic rings. The van der Waals surface area contributed by atoms with Crippen LogP contribution in [-0.2, 0) is 4.74 Å². The van der Waals surface area contributed by atoms with Crippen LogP contribution in [0.25, 0.3) is 10.9 Å². The Labute approximate surface area is 89.2 Å². The fraction of sp³-hybridized carbons (Fsp3) is 0.100. The van der Waals surface area contributed by atoms with Gasteiger partial charge in [0.15, 0.2) is 0 Å². The third-order valence-electron chi connectivity index (χ3n) is 2.04. The number of hydrogen-bond donors (Lipinski definition) is 1. The maximum absolute atomic E-state index is 11.4. The molecule has 4 heteroatoms. The van der Waals surface area contributed by atoms with Gasteiger partial charge < -0.3 is 9.72 Å². The number of aromatic amines is 1. The minimum Gasteiger partial charge on any atom is -0.465 e. The number of rotatable bonds is 1. The van der Waals surface area contributed by atoms with Gasteiger partial charge in [0.25, 0.3) is 0 Å². The van der Waals surface area contributed by atoms with Crippen LogP contribution in [0.5, 0.6) is 0 Å². The molecule has 0 unspecified atom stereocenters. The number of aromatic nitrogens is 1. The molecule has 0 saturated carbocycles. The molecule has 14 heavy (non-hydrogen) atoms. The van der Waals surface area contributed by atoms with Crippen LogP contribution in [0.15, 0.2) is 28.9 Å². The number of benzene rings is 1. The Kier molecular flexibility index (Phi) is 2.29. The summed E-state index contributed by atoms with van der Waals surface area (Å²) in [5.74, 6) is -0.317. The summed E-state index contributed by atoms with van der Waals surface area (Å²) in [5.41, 5.74) is 1.49. The number of H-pyrrole nitrogens is 1. The van der Waals surface area contributed by atoms with Gasteiger partial charge in [-0.3, -0.25) is 0 Å². The van der Waals surface area contributed by atoms with E-state index in [4.69, 9.17) is 0 Å². The second-order valence-electron chi connectivity index (χ2n) is 2.88. The predicted octanol–water partition coefficient (Wildman–Crippen LogP) is 2.72. The lowest BCUT2D eigenvalue weighted by molar-refractivity contribution is 0.0603. The molecule has 1 aromatic carbocycles. The van der Waals surface area contributed by atoms with Gasteiger partial charge in [-0.1, -0.05) is 6.07 Å². The highest BCUT2D eigenvalue weighted by atomic mass is 79.9. The first-order chi connectivity index (χ1) is 6.72. The smallest absolute Gasteiger partial charge is 0.338 e. The Hall–Kier alpha value is -1.29. The number of methoxy groups -OCH3 is 1. The molecule has 0 aliphatic carbocycles. The fourth-order valence-corrected chi connectivity index (χ4v) is 1.85. The molecule has 1 N–H and O–H groups in total. The van der Waals surface area contributed by atoms with Crippen LogP contribution in [0.1, 0.15) is 10.4 Å². The van der Waals surface area contributed by atoms with Gasteiger partial charge in [0, 0.05) is 10.9 Å². The molecule has 1 aromatic heterocycles. The molecule has 3 nitrogen and oxygen atoms in total. The first-order valence-electron chi connectivity index (χ1n) is 4.08. The lowest BCUT2D eigenvalue weighted by atomic mass is 10.1. The summed E-state index contributed by atoms with van der Waals surface area (Å²) in [7, 11) is 1.38. The number of ether oxygens (including phenoxy) is 1. The summed E-state index contributed by atoms with van der Waals surface area (Å²) < 4.78 is 5.54. The van der Waals surface area contributed by atoms with Crippen LogP contribution in [-0.4, -0.2) is 18.1 Å². The maximum Gasteiger partial charge on any atom is 0.338 e. The van der Waals surface area contributed by atoms with E-state index in [1.54, 1.807) is 6.07 Å². The first kappa shape index (κ1) is 9.27. The molecule has 0 amide bonds. The molecule has 0 saturated heterocycles. The molecule has 0 atom stereocenters. The normalized spacial score (nSPS) is 10.4. The summed E-state index contributed by atoms with van der Waals surface area (Å²) in [4.78, 5) is 14.5. The van der Waals surface area contributed by atoms with Crippen molar-refractivity contribution in [3.63, 3.8) is 0 Å². The maximum atomic E-state index is 11.4. The van der Waals surface area contributed by atoms with Crippen molar-refractivity contribution in [1.82, 2.24) is 4.98 Å². The highest BCUT2D eigenvalue weighted by molar-refractivity contribution is 9.10. The van der Waals surface area contributed by atoms with E-state index in [2.05, 4.69) is 25.7 Å². The SMILES string of the molecule is COC(=O)c1cccc2[nH]c(Br)cc12. The predicted molar refractivity (Wildman–Crippen MR) is 57.3 cm³/mol. The molecule has 0 aliphatic heterocycles. The number of nitrogens with one attached hydrogen (secondary N) is 1. The van der Waals surface area contributed by atoms with Crippen molar-refractivity contribution in [3.8, 4) is 0 Å². The van der Waals surface area contributed by atoms with Crippen LogP contribution in [0.3, 0.4) is 0 Å². The molecule has 0 fully saturated rings. The van der Waals surface area contributed by atoms with Gasteiger partial charge in [-0.15, -0.1) is 0 Å². The van der Waals surface area contributed by atoms with Crippen LogP contribution >= 0.6 is 15.9 Å². The number of carbonyl (C=O) groups is 1. The van der Waals surface area contributed by atoms with Crippen LogP contribution < -0.4 is 0 Å². The van der Waals surface area contributed by atoms with Gasteiger partial charge in [0.05, 0.1) is 17.3 Å². The van der Waals surface area contributed by atoms with Crippen LogP contribution in [0.4, 0.5) is 0 Å². The largest absolute Gasteiger partial charge is 0.465 e. The average Bonchev–Trinajstić information content (AvgIpc) is 2.56. The van der Waals surface area contributed by atoms with Crippen molar-refractivity contribution in [1.29, 1.82) is 0 Å². The van der Waals surface area contributed by atoms with Gasteiger partial charge >= 0.3 is 5.97 Å². The Morgan fingerprint density at radius 2 is 2.29 bits per heavy atom. The summed E-state index contributed by atoms with van der Waals surface area (Å²) in [6.45, 7) is 0. The summed E-state index contributed by atoms with van der Waals surface area (Å²) >= 11 is 3.32. The molecule has 1 heterocycles. The summed E-state index contributed by atoms with van der Waals surface area (Å²) in [6.07, 6.45) is 0. The van der Waals surface area contributed by atoms with E-state index in [1.807, 2.05) is 18.2 Å². The molecular formula is C10H8BrNO2. The van der Waals surface area contributed by atoms with Crippen LogP contribution in [0.2, 0.25) is 0 Å². The standard InChI is InChI=1S/C10H8BrNO2/c1-14-10(13)6-3-2-4-8-7(6)5-9(11)12-8/h2-5,12H,1H3. The van der Waals surface area contributed by atoms with Crippen molar-refractivity contribution in [3.05, 3.63) is 34.4 Å². The van der Waals surface area contributed by atoms with Crippen molar-refractivity contribution >= 4 is 32.8 Å². The number of hydrogen-bond acceptors (Lipinski definition) is 2. The van der Waals surface area contributed by atoms with E-state index in [9.17, 15) is 4.79 Å². The van der Waals surface area contributed by atoms with Gasteiger partial charge in [-0.25, -0.2) is 4.79 Å². The van der Waals surface area contributed by atoms with Crippen molar-refractivity contribution in [2.24, 2.45) is 0 Å². The van der Waals surface area contributed by atoms with E-state index < -0.39 is 0 Å². The minimum absolute atomic E-state index is 0.317. The molecular weight excluding hydrogens is 246 g/mol. The van der Waals surface area contributed by atoms with E-state index >= 15 is 0 Å². The lowest BCUT2D eigenvalue weighted by Gasteiger charge is -1.99. The molecule has 0 spiro atoms. The van der Waals surface area contributed by atoms with E-state index in [1.165, 1.54) is 7.11 Å². The monoisotopic (exact) mass is 253 g/mol. The second-order valence-corrected chi connectivity index (χ2v) is 3.73. The van der Waals surface area contributed by atoms with E-state index in [0.29, 0.717) is 5.56 Å². The zero-order chi connectivity index (χ0) is 10.1. The highest BCUT2D eigenvalue weighted by Gasteiger charge is 2.10. The number of halogens is 1. The quantitative estimate of drug-likeness (QED) is 0.795. The van der Waals surface area contributed by atoms with Gasteiger partial charge in [-0.05, 0) is 34.1 Å². The van der Waals surface area contributed by atoms with Crippen LogP contribution in [0, 0.1) is 0 Å². The van der Waals surface area contributed by atoms with Crippen molar-refractivity contribution < 1.29 is 9.53 Å². The third kappa shape index (κ3) is 1.42. The zero-order valence-corrected chi connectivity index (χ0v) is 9.09. The van der Waals surface area contributed by atoms with E-state index in [0.717, 1.165) is 15.5 Å². The van der Waals surface area contributed by atoms with Gasteiger partial charge in [-0.2, -0.15) is 0 Å². The third-order valence-corrected chi connectivity index (χ3v) is 2.46. The second kappa shape index (κ2) is 3.46. The number of esters is 1. The van der Waals surface area contributed by atoms with Gasteiger partial charge in [0.1, 0.15) is 0 Å². The molecule has 0 aliphatic rings. The molecule has 0 radical (unpaired) electrons. The highest BCUT2D eigenvalue weighted by Crippen LogP contribution is 2.23. The molecule has 0 bridgehead atoms. The van der Waals surface area contributed by atoms with Crippen molar-refractivity contribution in [2.75, 3.05) is 7.11 Å². The number of carbonyl (C=O) groups excluding carboxylic acids is 1. The van der Waals surface area contributed by atoms with Gasteiger partial charge in [0.2, 0.25) is 0 Å². The minimum atomic E-state index is -0.317. The lowest BCUT2D eigenvalue weighted by Crippen LogP contribution is -2.00. The fourth-order valence-electron chi connectivity index (χ4n) is 1.41. The Morgan fingerprint density at radius 3 is 3.00 bits per heavy atom. The molecule has 2 rings (SSSR count). The average molecular weight is 254 g/mol. The summed E-state index contributed by atoms with van der Waals surface area (Å²) in [5, 5.41) is 0.867.